The van der Waals surface area contributed by atoms with Crippen molar-refractivity contribution in [1.82, 2.24) is 9.88 Å². The molecule has 1 fully saturated rings. The average molecular weight is 368 g/mol. The van der Waals surface area contributed by atoms with Crippen LogP contribution in [0.25, 0.3) is 0 Å². The molecule has 0 spiro atoms. The van der Waals surface area contributed by atoms with E-state index < -0.39 is 5.97 Å². The number of hydrogen-bond donors (Lipinski definition) is 1. The second kappa shape index (κ2) is 9.16. The molecule has 3 rings (SSSR count). The third-order valence-corrected chi connectivity index (χ3v) is 4.83. The molecule has 1 aliphatic heterocycles. The summed E-state index contributed by atoms with van der Waals surface area (Å²) in [6.45, 7) is 1.81. The quantitative estimate of drug-likeness (QED) is 0.810. The summed E-state index contributed by atoms with van der Waals surface area (Å²) in [5.74, 6) is 0.194. The van der Waals surface area contributed by atoms with E-state index in [9.17, 15) is 9.59 Å². The Morgan fingerprint density at radius 2 is 1.89 bits per heavy atom. The Morgan fingerprint density at radius 3 is 2.59 bits per heavy atom. The van der Waals surface area contributed by atoms with Gasteiger partial charge in [-0.05, 0) is 67.1 Å². The van der Waals surface area contributed by atoms with Gasteiger partial charge >= 0.3 is 5.97 Å². The van der Waals surface area contributed by atoms with Gasteiger partial charge < -0.3 is 14.7 Å². The number of hydrogen-bond acceptors (Lipinski definition) is 4. The van der Waals surface area contributed by atoms with Crippen molar-refractivity contribution in [3.63, 3.8) is 0 Å². The number of carboxylic acid groups (broad SMARTS) is 1. The molecule has 1 saturated heterocycles. The van der Waals surface area contributed by atoms with E-state index >= 15 is 0 Å². The standard InChI is InChI=1S/C21H24N2O4/c24-20(25)8-3-16-2-1-13-23(14-16)21(26)18-4-6-19(7-5-18)27-15-17-9-11-22-12-10-17/h4-7,9-12,16H,1-3,8,13-15H2,(H,24,25). The van der Waals surface area contributed by atoms with Gasteiger partial charge in [-0.2, -0.15) is 0 Å². The van der Waals surface area contributed by atoms with Crippen LogP contribution in [0.2, 0.25) is 0 Å². The summed E-state index contributed by atoms with van der Waals surface area (Å²) in [5, 5.41) is 8.84. The van der Waals surface area contributed by atoms with E-state index in [2.05, 4.69) is 4.98 Å². The predicted octanol–water partition coefficient (Wildman–Crippen LogP) is 3.38. The SMILES string of the molecule is O=C(O)CCC1CCCN(C(=O)c2ccc(OCc3ccncc3)cc2)C1. The summed E-state index contributed by atoms with van der Waals surface area (Å²) < 4.78 is 5.74. The molecule has 0 bridgehead atoms. The molecule has 0 saturated carbocycles. The van der Waals surface area contributed by atoms with Crippen molar-refractivity contribution in [2.45, 2.75) is 32.3 Å². The van der Waals surface area contributed by atoms with Gasteiger partial charge in [0.05, 0.1) is 0 Å². The molecule has 142 valence electrons. The molecular formula is C21H24N2O4. The monoisotopic (exact) mass is 368 g/mol. The van der Waals surface area contributed by atoms with E-state index in [4.69, 9.17) is 9.84 Å². The van der Waals surface area contributed by atoms with E-state index in [1.165, 1.54) is 0 Å². The lowest BCUT2D eigenvalue weighted by Gasteiger charge is -2.32. The minimum Gasteiger partial charge on any atom is -0.489 e. The topological polar surface area (TPSA) is 79.7 Å². The van der Waals surface area contributed by atoms with E-state index in [0.717, 1.165) is 24.9 Å². The smallest absolute Gasteiger partial charge is 0.303 e. The Hall–Kier alpha value is -2.89. The van der Waals surface area contributed by atoms with Gasteiger partial charge in [-0.1, -0.05) is 0 Å². The number of benzene rings is 1. The molecule has 0 aliphatic carbocycles. The van der Waals surface area contributed by atoms with Crippen LogP contribution < -0.4 is 4.74 Å². The summed E-state index contributed by atoms with van der Waals surface area (Å²) in [6, 6.07) is 11.0. The first kappa shape index (κ1) is 18.9. The Bertz CT molecular complexity index is 762. The van der Waals surface area contributed by atoms with Crippen LogP contribution in [0.4, 0.5) is 0 Å². The Morgan fingerprint density at radius 1 is 1.15 bits per heavy atom. The number of carbonyl (C=O) groups excluding carboxylic acids is 1. The molecule has 2 aromatic rings. The predicted molar refractivity (Wildman–Crippen MR) is 101 cm³/mol. The largest absolute Gasteiger partial charge is 0.489 e. The van der Waals surface area contributed by atoms with E-state index in [0.29, 0.717) is 30.9 Å². The lowest BCUT2D eigenvalue weighted by atomic mass is 9.93. The van der Waals surface area contributed by atoms with Gasteiger partial charge in [0, 0.05) is 37.5 Å². The van der Waals surface area contributed by atoms with Crippen LogP contribution >= 0.6 is 0 Å². The van der Waals surface area contributed by atoms with Crippen LogP contribution in [-0.2, 0) is 11.4 Å². The Balaban J connectivity index is 1.54. The molecule has 27 heavy (non-hydrogen) atoms. The van der Waals surface area contributed by atoms with Crippen molar-refractivity contribution < 1.29 is 19.4 Å². The molecule has 1 atom stereocenters. The second-order valence-corrected chi connectivity index (χ2v) is 6.86. The van der Waals surface area contributed by atoms with E-state index in [1.807, 2.05) is 17.0 Å². The fourth-order valence-corrected chi connectivity index (χ4v) is 3.33. The third-order valence-electron chi connectivity index (χ3n) is 4.83. The molecule has 1 aliphatic rings. The average Bonchev–Trinajstić information content (AvgIpc) is 2.71. The fourth-order valence-electron chi connectivity index (χ4n) is 3.33. The maximum Gasteiger partial charge on any atom is 0.303 e. The van der Waals surface area contributed by atoms with Crippen LogP contribution in [0.15, 0.2) is 48.8 Å². The van der Waals surface area contributed by atoms with E-state index in [-0.39, 0.29) is 18.2 Å². The summed E-state index contributed by atoms with van der Waals surface area (Å²) in [5.41, 5.74) is 1.66. The zero-order chi connectivity index (χ0) is 19.1. The number of nitrogens with zero attached hydrogens (tertiary/aromatic N) is 2. The highest BCUT2D eigenvalue weighted by atomic mass is 16.5. The van der Waals surface area contributed by atoms with Crippen LogP contribution in [0.1, 0.15) is 41.6 Å². The zero-order valence-electron chi connectivity index (χ0n) is 15.2. The maximum atomic E-state index is 12.7. The second-order valence-electron chi connectivity index (χ2n) is 6.86. The highest BCUT2D eigenvalue weighted by Gasteiger charge is 2.24. The molecule has 1 N–H and O–H groups in total. The van der Waals surface area contributed by atoms with Crippen molar-refractivity contribution in [1.29, 1.82) is 0 Å². The number of aliphatic carboxylic acids is 1. The Kier molecular flexibility index (Phi) is 6.41. The molecule has 2 heterocycles. The minimum atomic E-state index is -0.777. The summed E-state index contributed by atoms with van der Waals surface area (Å²) >= 11 is 0. The van der Waals surface area contributed by atoms with Crippen LogP contribution in [-0.4, -0.2) is 40.0 Å². The van der Waals surface area contributed by atoms with Crippen molar-refractivity contribution >= 4 is 11.9 Å². The van der Waals surface area contributed by atoms with Gasteiger partial charge in [-0.3, -0.25) is 14.6 Å². The first-order valence-electron chi connectivity index (χ1n) is 9.24. The van der Waals surface area contributed by atoms with Crippen LogP contribution in [0, 0.1) is 5.92 Å². The lowest BCUT2D eigenvalue weighted by molar-refractivity contribution is -0.137. The molecule has 1 aromatic heterocycles. The maximum absolute atomic E-state index is 12.7. The van der Waals surface area contributed by atoms with Crippen molar-refractivity contribution in [3.05, 3.63) is 59.9 Å². The van der Waals surface area contributed by atoms with Gasteiger partial charge in [0.2, 0.25) is 0 Å². The zero-order valence-corrected chi connectivity index (χ0v) is 15.2. The number of carbonyl (C=O) groups is 2. The number of rotatable bonds is 7. The molecule has 6 heteroatoms. The van der Waals surface area contributed by atoms with Gasteiger partial charge in [0.25, 0.3) is 5.91 Å². The third kappa shape index (κ3) is 5.54. The van der Waals surface area contributed by atoms with Crippen molar-refractivity contribution in [3.8, 4) is 5.75 Å². The molecule has 0 radical (unpaired) electrons. The minimum absolute atomic E-state index is 0.00397. The number of amides is 1. The molecular weight excluding hydrogens is 344 g/mol. The highest BCUT2D eigenvalue weighted by Crippen LogP contribution is 2.23. The number of aromatic nitrogens is 1. The summed E-state index contributed by atoms with van der Waals surface area (Å²) in [6.07, 6.45) is 6.14. The first-order chi connectivity index (χ1) is 13.1. The van der Waals surface area contributed by atoms with Crippen LogP contribution in [0.3, 0.4) is 0 Å². The fraction of sp³-hybridized carbons (Fsp3) is 0.381. The number of ether oxygens (including phenoxy) is 1. The van der Waals surface area contributed by atoms with Crippen molar-refractivity contribution in [2.75, 3.05) is 13.1 Å². The summed E-state index contributed by atoms with van der Waals surface area (Å²) in [7, 11) is 0. The van der Waals surface area contributed by atoms with Gasteiger partial charge in [0.1, 0.15) is 12.4 Å². The Labute approximate surface area is 158 Å². The number of carboxylic acids is 1. The summed E-state index contributed by atoms with van der Waals surface area (Å²) in [4.78, 5) is 29.3. The van der Waals surface area contributed by atoms with Gasteiger partial charge in [-0.25, -0.2) is 0 Å². The molecule has 1 aromatic carbocycles. The normalized spacial score (nSPS) is 16.7. The van der Waals surface area contributed by atoms with Crippen LogP contribution in [0.5, 0.6) is 5.75 Å². The molecule has 6 nitrogen and oxygen atoms in total. The number of likely N-dealkylation sites (tertiary alicyclic amines) is 1. The van der Waals surface area contributed by atoms with Crippen molar-refractivity contribution in [2.24, 2.45) is 5.92 Å². The first-order valence-corrected chi connectivity index (χ1v) is 9.24. The lowest BCUT2D eigenvalue weighted by Crippen LogP contribution is -2.40. The molecule has 1 unspecified atom stereocenters. The number of pyridine rings is 1. The molecule has 1 amide bonds. The van der Waals surface area contributed by atoms with E-state index in [1.54, 1.807) is 36.7 Å². The highest BCUT2D eigenvalue weighted by molar-refractivity contribution is 5.94. The van der Waals surface area contributed by atoms with Gasteiger partial charge in [0.15, 0.2) is 0 Å². The number of piperidine rings is 1. The van der Waals surface area contributed by atoms with Gasteiger partial charge in [-0.15, -0.1) is 0 Å².